The number of hydrogen-bond acceptors (Lipinski definition) is 3. The van der Waals surface area contributed by atoms with Crippen molar-refractivity contribution in [3.05, 3.63) is 70.8 Å². The van der Waals surface area contributed by atoms with Gasteiger partial charge >= 0.3 is 6.18 Å². The minimum atomic E-state index is -4.49. The molecule has 0 aliphatic carbocycles. The minimum absolute atomic E-state index is 0.00128. The quantitative estimate of drug-likeness (QED) is 0.721. The Hall–Kier alpha value is -3.16. The summed E-state index contributed by atoms with van der Waals surface area (Å²) in [7, 11) is 0. The first-order valence-corrected chi connectivity index (χ1v) is 9.50. The normalized spacial score (nSPS) is 14.8. The number of nitrogens with one attached hydrogen (secondary N) is 1. The van der Waals surface area contributed by atoms with Crippen molar-refractivity contribution in [1.82, 2.24) is 10.2 Å². The van der Waals surface area contributed by atoms with E-state index in [1.54, 1.807) is 12.1 Å². The molecular formula is C22H21F3N2O3. The molecule has 0 aromatic heterocycles. The van der Waals surface area contributed by atoms with Gasteiger partial charge in [0.05, 0.1) is 16.7 Å². The van der Waals surface area contributed by atoms with Gasteiger partial charge in [-0.15, -0.1) is 0 Å². The second kappa shape index (κ2) is 8.30. The van der Waals surface area contributed by atoms with Crippen molar-refractivity contribution in [2.75, 3.05) is 0 Å². The molecule has 8 heteroatoms. The summed E-state index contributed by atoms with van der Waals surface area (Å²) >= 11 is 0. The first-order chi connectivity index (χ1) is 14.1. The van der Waals surface area contributed by atoms with E-state index in [1.165, 1.54) is 24.3 Å². The predicted octanol–water partition coefficient (Wildman–Crippen LogP) is 4.03. The predicted molar refractivity (Wildman–Crippen MR) is 103 cm³/mol. The third-order valence-corrected chi connectivity index (χ3v) is 4.86. The zero-order chi connectivity index (χ0) is 22.1. The molecule has 0 saturated heterocycles. The summed E-state index contributed by atoms with van der Waals surface area (Å²) in [4.78, 5) is 39.4. The van der Waals surface area contributed by atoms with Gasteiger partial charge in [-0.05, 0) is 42.2 Å². The monoisotopic (exact) mass is 418 g/mol. The highest BCUT2D eigenvalue weighted by atomic mass is 19.4. The van der Waals surface area contributed by atoms with Crippen LogP contribution in [0.15, 0.2) is 48.5 Å². The van der Waals surface area contributed by atoms with Crippen LogP contribution in [0, 0.1) is 5.92 Å². The summed E-state index contributed by atoms with van der Waals surface area (Å²) in [5, 5.41) is 2.58. The average molecular weight is 418 g/mol. The van der Waals surface area contributed by atoms with E-state index in [0.717, 1.165) is 17.0 Å². The average Bonchev–Trinajstić information content (AvgIpc) is 2.94. The summed E-state index contributed by atoms with van der Waals surface area (Å²) in [6, 6.07) is 9.92. The molecule has 0 radical (unpaired) electrons. The van der Waals surface area contributed by atoms with Gasteiger partial charge in [0.15, 0.2) is 0 Å². The molecule has 1 N–H and O–H groups in total. The molecule has 5 nitrogen and oxygen atoms in total. The highest BCUT2D eigenvalue weighted by Crippen LogP contribution is 2.30. The van der Waals surface area contributed by atoms with Crippen LogP contribution in [0.25, 0.3) is 0 Å². The SMILES string of the molecule is CC(C)CC(C(=O)NCc1cccc(C(F)(F)F)c1)N1C(=O)c2ccccc2C1=O. The fraction of sp³-hybridized carbons (Fsp3) is 0.318. The van der Waals surface area contributed by atoms with E-state index in [2.05, 4.69) is 5.32 Å². The first-order valence-electron chi connectivity index (χ1n) is 9.50. The Balaban J connectivity index is 1.79. The zero-order valence-electron chi connectivity index (χ0n) is 16.5. The molecule has 0 fully saturated rings. The molecule has 2 aromatic rings. The van der Waals surface area contributed by atoms with Crippen LogP contribution < -0.4 is 5.32 Å². The maximum atomic E-state index is 12.9. The first kappa shape index (κ1) is 21.5. The smallest absolute Gasteiger partial charge is 0.350 e. The number of rotatable bonds is 6. The van der Waals surface area contributed by atoms with Crippen molar-refractivity contribution in [3.63, 3.8) is 0 Å². The van der Waals surface area contributed by atoms with Gasteiger partial charge in [0.1, 0.15) is 6.04 Å². The van der Waals surface area contributed by atoms with Gasteiger partial charge in [-0.2, -0.15) is 13.2 Å². The Morgan fingerprint density at radius 1 is 1.00 bits per heavy atom. The van der Waals surface area contributed by atoms with E-state index < -0.39 is 35.5 Å². The maximum Gasteiger partial charge on any atom is 0.416 e. The van der Waals surface area contributed by atoms with E-state index in [0.29, 0.717) is 0 Å². The van der Waals surface area contributed by atoms with Crippen LogP contribution in [0.1, 0.15) is 52.1 Å². The lowest BCUT2D eigenvalue weighted by Gasteiger charge is -2.26. The summed E-state index contributed by atoms with van der Waals surface area (Å²) in [5.41, 5.74) is -0.0685. The number of carbonyl (C=O) groups is 3. The van der Waals surface area contributed by atoms with Gasteiger partial charge < -0.3 is 5.32 Å². The third-order valence-electron chi connectivity index (χ3n) is 4.86. The second-order valence-corrected chi connectivity index (χ2v) is 7.59. The maximum absolute atomic E-state index is 12.9. The van der Waals surface area contributed by atoms with Crippen molar-refractivity contribution in [2.24, 2.45) is 5.92 Å². The molecule has 158 valence electrons. The fourth-order valence-corrected chi connectivity index (χ4v) is 3.43. The Kier molecular flexibility index (Phi) is 5.96. The molecule has 1 heterocycles. The second-order valence-electron chi connectivity index (χ2n) is 7.59. The van der Waals surface area contributed by atoms with Gasteiger partial charge in [-0.25, -0.2) is 0 Å². The number of alkyl halides is 3. The molecule has 1 unspecified atom stereocenters. The standard InChI is InChI=1S/C22H21F3N2O3/c1-13(2)10-18(27-20(29)16-8-3-4-9-17(16)21(27)30)19(28)26-12-14-6-5-7-15(11-14)22(23,24)25/h3-9,11,13,18H,10,12H2,1-2H3,(H,26,28). The number of amides is 3. The van der Waals surface area contributed by atoms with Crippen molar-refractivity contribution >= 4 is 17.7 Å². The Bertz CT molecular complexity index is 951. The topological polar surface area (TPSA) is 66.5 Å². The van der Waals surface area contributed by atoms with Gasteiger partial charge in [0.25, 0.3) is 11.8 Å². The van der Waals surface area contributed by atoms with Crippen molar-refractivity contribution < 1.29 is 27.6 Å². The van der Waals surface area contributed by atoms with Crippen molar-refractivity contribution in [1.29, 1.82) is 0 Å². The zero-order valence-corrected chi connectivity index (χ0v) is 16.5. The number of benzene rings is 2. The number of carbonyl (C=O) groups excluding carboxylic acids is 3. The molecule has 3 amide bonds. The molecule has 0 spiro atoms. The van der Waals surface area contributed by atoms with Gasteiger partial charge in [-0.3, -0.25) is 19.3 Å². The minimum Gasteiger partial charge on any atom is -0.350 e. The highest BCUT2D eigenvalue weighted by Gasteiger charge is 2.42. The summed E-state index contributed by atoms with van der Waals surface area (Å²) in [5.74, 6) is -1.68. The molecule has 30 heavy (non-hydrogen) atoms. The van der Waals surface area contributed by atoms with Gasteiger partial charge in [-0.1, -0.05) is 38.1 Å². The molecule has 1 aliphatic heterocycles. The summed E-state index contributed by atoms with van der Waals surface area (Å²) in [6.45, 7) is 3.55. The van der Waals surface area contributed by atoms with E-state index in [4.69, 9.17) is 0 Å². The third kappa shape index (κ3) is 4.37. The number of halogens is 3. The van der Waals surface area contributed by atoms with Crippen molar-refractivity contribution in [3.8, 4) is 0 Å². The van der Waals surface area contributed by atoms with E-state index in [9.17, 15) is 27.6 Å². The van der Waals surface area contributed by atoms with Crippen LogP contribution in [-0.4, -0.2) is 28.7 Å². The molecule has 0 saturated carbocycles. The Morgan fingerprint density at radius 3 is 2.13 bits per heavy atom. The Morgan fingerprint density at radius 2 is 1.60 bits per heavy atom. The van der Waals surface area contributed by atoms with Crippen molar-refractivity contribution in [2.45, 2.75) is 39.0 Å². The van der Waals surface area contributed by atoms with Crippen LogP contribution >= 0.6 is 0 Å². The molecular weight excluding hydrogens is 397 g/mol. The number of imide groups is 1. The van der Waals surface area contributed by atoms with Crippen LogP contribution in [0.3, 0.4) is 0 Å². The van der Waals surface area contributed by atoms with E-state index in [-0.39, 0.29) is 35.6 Å². The fourth-order valence-electron chi connectivity index (χ4n) is 3.43. The van der Waals surface area contributed by atoms with Gasteiger partial charge in [0.2, 0.25) is 5.91 Å². The number of fused-ring (bicyclic) bond motifs is 1. The van der Waals surface area contributed by atoms with Gasteiger partial charge in [0, 0.05) is 6.54 Å². The Labute approximate surface area is 171 Å². The summed E-state index contributed by atoms with van der Waals surface area (Å²) in [6.07, 6.45) is -4.25. The molecule has 2 aromatic carbocycles. The largest absolute Gasteiger partial charge is 0.416 e. The lowest BCUT2D eigenvalue weighted by Crippen LogP contribution is -2.50. The summed E-state index contributed by atoms with van der Waals surface area (Å²) < 4.78 is 38.7. The van der Waals surface area contributed by atoms with Crippen LogP contribution in [0.2, 0.25) is 0 Å². The molecule has 0 bridgehead atoms. The molecule has 3 rings (SSSR count). The lowest BCUT2D eigenvalue weighted by atomic mass is 10.0. The van der Waals surface area contributed by atoms with E-state index >= 15 is 0 Å². The van der Waals surface area contributed by atoms with Crippen LogP contribution in [0.4, 0.5) is 13.2 Å². The lowest BCUT2D eigenvalue weighted by molar-refractivity contribution is -0.137. The van der Waals surface area contributed by atoms with Crippen LogP contribution in [-0.2, 0) is 17.5 Å². The number of hydrogen-bond donors (Lipinski definition) is 1. The number of nitrogens with zero attached hydrogens (tertiary/aromatic N) is 1. The molecule has 1 atom stereocenters. The molecule has 1 aliphatic rings. The van der Waals surface area contributed by atoms with Crippen LogP contribution in [0.5, 0.6) is 0 Å². The highest BCUT2D eigenvalue weighted by molar-refractivity contribution is 6.22. The van der Waals surface area contributed by atoms with E-state index in [1.807, 2.05) is 13.8 Å².